The standard InChI is InChI=1S/C17H14Cl2N6O4S2/c18-7-1-11(8(2-20)21-3-7)31-17-15(28)13(14(27)10(5-26)29-17)25-4-9(23-24-25)16-22-12(19)6-30-16/h1,3-4,6,10,13-15,17,26-28H,5H2/t10?,13?,14-,15-,17+/m0/s1. The molecule has 162 valence electrons. The number of nitriles is 1. The maximum absolute atomic E-state index is 11.0. The third-order valence-electron chi connectivity index (χ3n) is 4.53. The van der Waals surface area contributed by atoms with Crippen LogP contribution in [-0.4, -0.2) is 70.6 Å². The Morgan fingerprint density at radius 3 is 2.81 bits per heavy atom. The molecule has 2 unspecified atom stereocenters. The van der Waals surface area contributed by atoms with Gasteiger partial charge in [-0.05, 0) is 6.07 Å². The zero-order valence-corrected chi connectivity index (χ0v) is 18.6. The van der Waals surface area contributed by atoms with Crippen molar-refractivity contribution in [1.82, 2.24) is 25.0 Å². The molecule has 31 heavy (non-hydrogen) atoms. The normalized spacial score (nSPS) is 26.0. The minimum Gasteiger partial charge on any atom is -0.394 e. The van der Waals surface area contributed by atoms with Gasteiger partial charge in [-0.25, -0.2) is 14.6 Å². The molecule has 1 aliphatic rings. The van der Waals surface area contributed by atoms with Crippen LogP contribution in [0.5, 0.6) is 0 Å². The van der Waals surface area contributed by atoms with E-state index in [1.807, 2.05) is 6.07 Å². The Bertz CT molecular complexity index is 1120. The largest absolute Gasteiger partial charge is 0.394 e. The first-order valence-corrected chi connectivity index (χ1v) is 11.3. The van der Waals surface area contributed by atoms with Crippen LogP contribution in [0.15, 0.2) is 28.7 Å². The highest BCUT2D eigenvalue weighted by Gasteiger charge is 2.46. The molecule has 1 fully saturated rings. The zero-order chi connectivity index (χ0) is 22.1. The number of pyridine rings is 1. The number of aliphatic hydroxyl groups excluding tert-OH is 3. The second-order valence-electron chi connectivity index (χ2n) is 6.49. The van der Waals surface area contributed by atoms with Crippen LogP contribution in [0, 0.1) is 11.3 Å². The second kappa shape index (κ2) is 9.35. The molecule has 0 aliphatic carbocycles. The van der Waals surface area contributed by atoms with Crippen molar-refractivity contribution in [3.8, 4) is 16.8 Å². The number of aromatic nitrogens is 5. The van der Waals surface area contributed by atoms with Crippen molar-refractivity contribution in [2.75, 3.05) is 6.61 Å². The molecule has 3 N–H and O–H groups in total. The molecule has 10 nitrogen and oxygen atoms in total. The second-order valence-corrected chi connectivity index (χ2v) is 9.31. The smallest absolute Gasteiger partial charge is 0.154 e. The molecule has 0 radical (unpaired) electrons. The lowest BCUT2D eigenvalue weighted by molar-refractivity contribution is -0.178. The molecule has 0 amide bonds. The SMILES string of the molecule is N#Cc1ncc(Cl)cc1S[C@H]1OC(CO)[C@H](O)C(n2cc(-c3nc(Cl)cs3)nn2)[C@@H]1O. The molecule has 0 saturated carbocycles. The van der Waals surface area contributed by atoms with Gasteiger partial charge in [-0.2, -0.15) is 5.26 Å². The number of thiazole rings is 1. The molecular formula is C17H14Cl2N6O4S2. The molecule has 0 aromatic carbocycles. The summed E-state index contributed by atoms with van der Waals surface area (Å²) < 4.78 is 7.00. The van der Waals surface area contributed by atoms with Gasteiger partial charge in [-0.1, -0.05) is 40.2 Å². The number of halogens is 2. The molecule has 0 bridgehead atoms. The van der Waals surface area contributed by atoms with Crippen molar-refractivity contribution in [2.45, 2.75) is 34.7 Å². The number of rotatable bonds is 5. The molecule has 5 atom stereocenters. The highest BCUT2D eigenvalue weighted by molar-refractivity contribution is 7.99. The third-order valence-corrected chi connectivity index (χ3v) is 7.11. The highest BCUT2D eigenvalue weighted by Crippen LogP contribution is 2.39. The molecule has 1 saturated heterocycles. The van der Waals surface area contributed by atoms with Gasteiger partial charge in [0.15, 0.2) is 5.69 Å². The van der Waals surface area contributed by atoms with E-state index in [-0.39, 0.29) is 5.69 Å². The Kier molecular flexibility index (Phi) is 6.75. The van der Waals surface area contributed by atoms with Crippen molar-refractivity contribution in [3.63, 3.8) is 0 Å². The number of hydrogen-bond acceptors (Lipinski definition) is 11. The Morgan fingerprint density at radius 1 is 1.32 bits per heavy atom. The molecule has 0 spiro atoms. The summed E-state index contributed by atoms with van der Waals surface area (Å²) in [5.74, 6) is 0. The fourth-order valence-electron chi connectivity index (χ4n) is 3.09. The van der Waals surface area contributed by atoms with E-state index >= 15 is 0 Å². The van der Waals surface area contributed by atoms with Crippen LogP contribution in [0.25, 0.3) is 10.7 Å². The summed E-state index contributed by atoms with van der Waals surface area (Å²) in [5, 5.41) is 51.6. The quantitative estimate of drug-likeness (QED) is 0.472. The zero-order valence-electron chi connectivity index (χ0n) is 15.4. The lowest BCUT2D eigenvalue weighted by atomic mass is 9.97. The summed E-state index contributed by atoms with van der Waals surface area (Å²) in [5.41, 5.74) is -0.435. The van der Waals surface area contributed by atoms with Crippen LogP contribution in [0.1, 0.15) is 11.7 Å². The predicted molar refractivity (Wildman–Crippen MR) is 113 cm³/mol. The summed E-state index contributed by atoms with van der Waals surface area (Å²) in [7, 11) is 0. The summed E-state index contributed by atoms with van der Waals surface area (Å²) in [4.78, 5) is 8.49. The van der Waals surface area contributed by atoms with E-state index < -0.39 is 36.4 Å². The van der Waals surface area contributed by atoms with Gasteiger partial charge in [-0.3, -0.25) is 0 Å². The van der Waals surface area contributed by atoms with Gasteiger partial charge in [-0.15, -0.1) is 16.4 Å². The van der Waals surface area contributed by atoms with Crippen molar-refractivity contribution in [2.24, 2.45) is 0 Å². The molecule has 4 heterocycles. The van der Waals surface area contributed by atoms with Gasteiger partial charge >= 0.3 is 0 Å². The van der Waals surface area contributed by atoms with Gasteiger partial charge < -0.3 is 20.1 Å². The summed E-state index contributed by atoms with van der Waals surface area (Å²) in [6.45, 7) is -0.496. The minimum atomic E-state index is -1.28. The van der Waals surface area contributed by atoms with E-state index in [4.69, 9.17) is 27.9 Å². The number of ether oxygens (including phenoxy) is 1. The summed E-state index contributed by atoms with van der Waals surface area (Å²) in [6, 6.07) is 2.50. The number of aliphatic hydroxyl groups is 3. The molecule has 4 rings (SSSR count). The van der Waals surface area contributed by atoms with Crippen LogP contribution in [-0.2, 0) is 4.74 Å². The van der Waals surface area contributed by atoms with E-state index in [0.717, 1.165) is 11.8 Å². The monoisotopic (exact) mass is 500 g/mol. The van der Waals surface area contributed by atoms with Crippen LogP contribution in [0.2, 0.25) is 10.2 Å². The van der Waals surface area contributed by atoms with Crippen molar-refractivity contribution in [1.29, 1.82) is 5.26 Å². The fourth-order valence-corrected chi connectivity index (χ4v) is 5.36. The Labute approximate surface area is 194 Å². The van der Waals surface area contributed by atoms with Gasteiger partial charge in [0.2, 0.25) is 0 Å². The topological polar surface area (TPSA) is 150 Å². The highest BCUT2D eigenvalue weighted by atomic mass is 35.5. The lowest BCUT2D eigenvalue weighted by Crippen LogP contribution is -2.55. The van der Waals surface area contributed by atoms with E-state index in [0.29, 0.717) is 25.8 Å². The molecule has 3 aromatic rings. The summed E-state index contributed by atoms with van der Waals surface area (Å²) in [6.07, 6.45) is -0.699. The van der Waals surface area contributed by atoms with Crippen molar-refractivity contribution >= 4 is 46.3 Å². The van der Waals surface area contributed by atoms with E-state index in [1.54, 1.807) is 5.38 Å². The van der Waals surface area contributed by atoms with Crippen LogP contribution in [0.3, 0.4) is 0 Å². The molecule has 14 heteroatoms. The Hall–Kier alpha value is -1.82. The first-order valence-electron chi connectivity index (χ1n) is 8.79. The average molecular weight is 501 g/mol. The van der Waals surface area contributed by atoms with Gasteiger partial charge in [0.05, 0.1) is 17.8 Å². The van der Waals surface area contributed by atoms with Crippen molar-refractivity contribution in [3.05, 3.63) is 39.7 Å². The Morgan fingerprint density at radius 2 is 2.13 bits per heavy atom. The maximum Gasteiger partial charge on any atom is 0.154 e. The first kappa shape index (κ1) is 22.4. The summed E-state index contributed by atoms with van der Waals surface area (Å²) >= 11 is 14.1. The van der Waals surface area contributed by atoms with Crippen LogP contribution < -0.4 is 0 Å². The van der Waals surface area contributed by atoms with E-state index in [9.17, 15) is 20.6 Å². The first-order chi connectivity index (χ1) is 14.9. The molecule has 1 aliphatic heterocycles. The fraction of sp³-hybridized carbons (Fsp3) is 0.353. The number of nitrogens with zero attached hydrogens (tertiary/aromatic N) is 6. The average Bonchev–Trinajstić information content (AvgIpc) is 3.39. The molecular weight excluding hydrogens is 487 g/mol. The number of thioether (sulfide) groups is 1. The van der Waals surface area contributed by atoms with Gasteiger partial charge in [0.1, 0.15) is 51.7 Å². The predicted octanol–water partition coefficient (Wildman–Crippen LogP) is 1.75. The minimum absolute atomic E-state index is 0.108. The maximum atomic E-state index is 11.0. The van der Waals surface area contributed by atoms with Gasteiger partial charge in [0, 0.05) is 16.5 Å². The number of hydrogen-bond donors (Lipinski definition) is 3. The van der Waals surface area contributed by atoms with Gasteiger partial charge in [0.25, 0.3) is 0 Å². The van der Waals surface area contributed by atoms with Crippen molar-refractivity contribution < 1.29 is 20.1 Å². The van der Waals surface area contributed by atoms with Crippen LogP contribution in [0.4, 0.5) is 0 Å². The lowest BCUT2D eigenvalue weighted by Gasteiger charge is -2.41. The van der Waals surface area contributed by atoms with E-state index in [1.165, 1.54) is 34.5 Å². The van der Waals surface area contributed by atoms with Crippen LogP contribution >= 0.6 is 46.3 Å². The third kappa shape index (κ3) is 4.55. The Balaban J connectivity index is 1.64. The molecule has 3 aromatic heterocycles. The van der Waals surface area contributed by atoms with E-state index in [2.05, 4.69) is 20.3 Å².